The quantitative estimate of drug-likeness (QED) is 0.830. The van der Waals surface area contributed by atoms with E-state index in [9.17, 15) is 4.79 Å². The highest BCUT2D eigenvalue weighted by atomic mass is 32.1. The van der Waals surface area contributed by atoms with Crippen LogP contribution in [0.2, 0.25) is 0 Å². The molecule has 1 aromatic rings. The molecule has 88 valence electrons. The highest BCUT2D eigenvalue weighted by Gasteiger charge is 2.24. The van der Waals surface area contributed by atoms with Crippen molar-refractivity contribution in [3.63, 3.8) is 0 Å². The first kappa shape index (κ1) is 11.2. The van der Waals surface area contributed by atoms with Gasteiger partial charge in [0.2, 0.25) is 0 Å². The highest BCUT2D eigenvalue weighted by Crippen LogP contribution is 2.22. The first-order chi connectivity index (χ1) is 7.79. The minimum absolute atomic E-state index is 0.0755. The molecule has 0 aliphatic carbocycles. The lowest BCUT2D eigenvalue weighted by Gasteiger charge is -2.15. The summed E-state index contributed by atoms with van der Waals surface area (Å²) in [6, 6.07) is 0.156. The Balaban J connectivity index is 1.82. The standard InChI is InChI=1S/C10H16N4OS/c1-2-11-9(15)13-8-3-5-14(7-8)10-12-4-6-16-10/h4,6,8H,2-3,5,7H2,1H3,(H2,11,13,15). The Morgan fingerprint density at radius 1 is 1.75 bits per heavy atom. The summed E-state index contributed by atoms with van der Waals surface area (Å²) in [4.78, 5) is 17.8. The van der Waals surface area contributed by atoms with Crippen LogP contribution in [0, 0.1) is 0 Å². The second-order valence-corrected chi connectivity index (χ2v) is 4.62. The lowest BCUT2D eigenvalue weighted by atomic mass is 10.3. The molecule has 1 fully saturated rings. The Kier molecular flexibility index (Phi) is 3.61. The summed E-state index contributed by atoms with van der Waals surface area (Å²) < 4.78 is 0. The number of hydrogen-bond acceptors (Lipinski definition) is 4. The predicted octanol–water partition coefficient (Wildman–Crippen LogP) is 1.04. The number of nitrogens with zero attached hydrogens (tertiary/aromatic N) is 2. The molecule has 0 spiro atoms. The van der Waals surface area contributed by atoms with Crippen molar-refractivity contribution in [1.82, 2.24) is 15.6 Å². The van der Waals surface area contributed by atoms with E-state index < -0.39 is 0 Å². The fourth-order valence-electron chi connectivity index (χ4n) is 1.82. The van der Waals surface area contributed by atoms with E-state index in [0.29, 0.717) is 6.54 Å². The van der Waals surface area contributed by atoms with Crippen LogP contribution in [0.4, 0.5) is 9.93 Å². The molecule has 2 N–H and O–H groups in total. The normalized spacial score (nSPS) is 19.8. The average molecular weight is 240 g/mol. The number of carbonyl (C=O) groups is 1. The monoisotopic (exact) mass is 240 g/mol. The minimum atomic E-state index is -0.0755. The predicted molar refractivity (Wildman–Crippen MR) is 64.9 cm³/mol. The Morgan fingerprint density at radius 3 is 3.31 bits per heavy atom. The molecule has 2 heterocycles. The van der Waals surface area contributed by atoms with Crippen LogP contribution in [0.1, 0.15) is 13.3 Å². The van der Waals surface area contributed by atoms with Crippen molar-refractivity contribution in [2.75, 3.05) is 24.5 Å². The summed E-state index contributed by atoms with van der Waals surface area (Å²) >= 11 is 1.64. The summed E-state index contributed by atoms with van der Waals surface area (Å²) in [7, 11) is 0. The van der Waals surface area contributed by atoms with Gasteiger partial charge in [-0.2, -0.15) is 0 Å². The Bertz CT molecular complexity index is 341. The number of urea groups is 1. The van der Waals surface area contributed by atoms with Gasteiger partial charge in [0, 0.05) is 37.3 Å². The molecule has 0 saturated carbocycles. The third kappa shape index (κ3) is 2.63. The number of carbonyl (C=O) groups excluding carboxylic acids is 1. The third-order valence-electron chi connectivity index (χ3n) is 2.55. The molecular weight excluding hydrogens is 224 g/mol. The van der Waals surface area contributed by atoms with Crippen molar-refractivity contribution >= 4 is 22.5 Å². The SMILES string of the molecule is CCNC(=O)NC1CCN(c2nccs2)C1. The zero-order valence-corrected chi connectivity index (χ0v) is 10.1. The van der Waals surface area contributed by atoms with Crippen LogP contribution in [-0.2, 0) is 0 Å². The van der Waals surface area contributed by atoms with Crippen LogP contribution in [0.15, 0.2) is 11.6 Å². The lowest BCUT2D eigenvalue weighted by Crippen LogP contribution is -2.43. The Morgan fingerprint density at radius 2 is 2.62 bits per heavy atom. The van der Waals surface area contributed by atoms with Crippen LogP contribution in [0.5, 0.6) is 0 Å². The van der Waals surface area contributed by atoms with E-state index in [2.05, 4.69) is 20.5 Å². The van der Waals surface area contributed by atoms with Gasteiger partial charge < -0.3 is 15.5 Å². The van der Waals surface area contributed by atoms with E-state index in [0.717, 1.165) is 24.6 Å². The van der Waals surface area contributed by atoms with E-state index in [1.807, 2.05) is 18.5 Å². The van der Waals surface area contributed by atoms with Gasteiger partial charge in [-0.25, -0.2) is 9.78 Å². The second kappa shape index (κ2) is 5.16. The van der Waals surface area contributed by atoms with Crippen molar-refractivity contribution in [3.8, 4) is 0 Å². The summed E-state index contributed by atoms with van der Waals surface area (Å²) in [5.41, 5.74) is 0. The molecule has 1 saturated heterocycles. The third-order valence-corrected chi connectivity index (χ3v) is 3.38. The van der Waals surface area contributed by atoms with E-state index in [4.69, 9.17) is 0 Å². The fourth-order valence-corrected chi connectivity index (χ4v) is 2.50. The van der Waals surface area contributed by atoms with Crippen molar-refractivity contribution < 1.29 is 4.79 Å². The van der Waals surface area contributed by atoms with Crippen molar-refractivity contribution in [3.05, 3.63) is 11.6 Å². The summed E-state index contributed by atoms with van der Waals surface area (Å²) in [5, 5.41) is 8.71. The molecule has 1 aliphatic heterocycles. The van der Waals surface area contributed by atoms with Crippen LogP contribution >= 0.6 is 11.3 Å². The van der Waals surface area contributed by atoms with Gasteiger partial charge in [0.1, 0.15) is 0 Å². The second-order valence-electron chi connectivity index (χ2n) is 3.75. The summed E-state index contributed by atoms with van der Waals surface area (Å²) in [6.45, 7) is 4.39. The van der Waals surface area contributed by atoms with Gasteiger partial charge in [0.15, 0.2) is 5.13 Å². The van der Waals surface area contributed by atoms with Crippen LogP contribution in [0.3, 0.4) is 0 Å². The molecular formula is C10H16N4OS. The van der Waals surface area contributed by atoms with E-state index in [-0.39, 0.29) is 12.1 Å². The van der Waals surface area contributed by atoms with Gasteiger partial charge in [0.05, 0.1) is 0 Å². The molecule has 5 nitrogen and oxygen atoms in total. The molecule has 0 radical (unpaired) electrons. The van der Waals surface area contributed by atoms with Crippen molar-refractivity contribution in [2.24, 2.45) is 0 Å². The highest BCUT2D eigenvalue weighted by molar-refractivity contribution is 7.13. The maximum Gasteiger partial charge on any atom is 0.315 e. The molecule has 6 heteroatoms. The lowest BCUT2D eigenvalue weighted by molar-refractivity contribution is 0.238. The molecule has 16 heavy (non-hydrogen) atoms. The molecule has 1 unspecified atom stereocenters. The molecule has 2 amide bonds. The fraction of sp³-hybridized carbons (Fsp3) is 0.600. The molecule has 1 aromatic heterocycles. The number of aromatic nitrogens is 1. The topological polar surface area (TPSA) is 57.3 Å². The van der Waals surface area contributed by atoms with Crippen LogP contribution in [-0.4, -0.2) is 36.7 Å². The molecule has 0 aromatic carbocycles. The Hall–Kier alpha value is -1.30. The Labute approximate surface area is 98.9 Å². The van der Waals surface area contributed by atoms with E-state index >= 15 is 0 Å². The van der Waals surface area contributed by atoms with Gasteiger partial charge in [-0.15, -0.1) is 11.3 Å². The smallest absolute Gasteiger partial charge is 0.315 e. The van der Waals surface area contributed by atoms with Gasteiger partial charge >= 0.3 is 6.03 Å². The van der Waals surface area contributed by atoms with E-state index in [1.165, 1.54) is 0 Å². The molecule has 1 atom stereocenters. The molecule has 1 aliphatic rings. The van der Waals surface area contributed by atoms with Crippen LogP contribution < -0.4 is 15.5 Å². The first-order valence-corrected chi connectivity index (χ1v) is 6.36. The maximum absolute atomic E-state index is 11.3. The maximum atomic E-state index is 11.3. The zero-order chi connectivity index (χ0) is 11.4. The van der Waals surface area contributed by atoms with Crippen molar-refractivity contribution in [2.45, 2.75) is 19.4 Å². The number of anilines is 1. The van der Waals surface area contributed by atoms with Gasteiger partial charge in [0.25, 0.3) is 0 Å². The first-order valence-electron chi connectivity index (χ1n) is 5.48. The number of rotatable bonds is 3. The van der Waals surface area contributed by atoms with Crippen LogP contribution in [0.25, 0.3) is 0 Å². The summed E-state index contributed by atoms with van der Waals surface area (Å²) in [6.07, 6.45) is 2.79. The van der Waals surface area contributed by atoms with Crippen molar-refractivity contribution in [1.29, 1.82) is 0 Å². The average Bonchev–Trinajstić information content (AvgIpc) is 2.86. The number of amides is 2. The minimum Gasteiger partial charge on any atom is -0.346 e. The zero-order valence-electron chi connectivity index (χ0n) is 9.27. The number of nitrogens with one attached hydrogen (secondary N) is 2. The van der Waals surface area contributed by atoms with Gasteiger partial charge in [-0.1, -0.05) is 0 Å². The van der Waals surface area contributed by atoms with Gasteiger partial charge in [-0.05, 0) is 13.3 Å². The number of hydrogen-bond donors (Lipinski definition) is 2. The molecule has 2 rings (SSSR count). The van der Waals surface area contributed by atoms with E-state index in [1.54, 1.807) is 11.3 Å². The summed E-state index contributed by atoms with van der Waals surface area (Å²) in [5.74, 6) is 0. The largest absolute Gasteiger partial charge is 0.346 e. The number of thiazole rings is 1. The van der Waals surface area contributed by atoms with Gasteiger partial charge in [-0.3, -0.25) is 0 Å². The molecule has 0 bridgehead atoms.